The van der Waals surface area contributed by atoms with Crippen molar-refractivity contribution in [2.24, 2.45) is 0 Å². The average molecular weight is 403 g/mol. The predicted octanol–water partition coefficient (Wildman–Crippen LogP) is 3.56. The molecule has 0 aliphatic carbocycles. The summed E-state index contributed by atoms with van der Waals surface area (Å²) >= 11 is 3.22. The number of thiophene rings is 1. The third-order valence-electron chi connectivity index (χ3n) is 4.41. The lowest BCUT2D eigenvalue weighted by Gasteiger charge is -2.14. The van der Waals surface area contributed by atoms with Gasteiger partial charge in [-0.15, -0.1) is 23.1 Å². The van der Waals surface area contributed by atoms with Gasteiger partial charge in [0.1, 0.15) is 0 Å². The smallest absolute Gasteiger partial charge is 0.261 e. The second-order valence-electron chi connectivity index (χ2n) is 6.32. The van der Waals surface area contributed by atoms with Gasteiger partial charge < -0.3 is 5.32 Å². The summed E-state index contributed by atoms with van der Waals surface area (Å²) in [4.78, 5) is 39.1. The SMILES string of the molecule is CC(SCCCCN1C(=O)c2ccccc2C1=O)C(=O)NCc1cccs1. The number of rotatable bonds is 9. The summed E-state index contributed by atoms with van der Waals surface area (Å²) < 4.78 is 0. The lowest BCUT2D eigenvalue weighted by Crippen LogP contribution is -2.31. The van der Waals surface area contributed by atoms with Gasteiger partial charge >= 0.3 is 0 Å². The first-order valence-corrected chi connectivity index (χ1v) is 10.9. The highest BCUT2D eigenvalue weighted by atomic mass is 32.2. The minimum atomic E-state index is -0.204. The fourth-order valence-corrected chi connectivity index (χ4v) is 4.48. The summed E-state index contributed by atoms with van der Waals surface area (Å²) in [5.41, 5.74) is 0.987. The molecule has 0 saturated heterocycles. The zero-order valence-corrected chi connectivity index (χ0v) is 16.8. The van der Waals surface area contributed by atoms with E-state index in [1.165, 1.54) is 4.90 Å². The molecule has 1 unspecified atom stereocenters. The number of unbranched alkanes of at least 4 members (excludes halogenated alkanes) is 1. The summed E-state index contributed by atoms with van der Waals surface area (Å²) in [6.45, 7) is 2.89. The minimum absolute atomic E-state index is 0.0359. The molecule has 1 aliphatic heterocycles. The molecule has 3 rings (SSSR count). The molecule has 2 heterocycles. The number of fused-ring (bicyclic) bond motifs is 1. The van der Waals surface area contributed by atoms with Crippen LogP contribution in [0.1, 0.15) is 45.4 Å². The molecule has 7 heteroatoms. The van der Waals surface area contributed by atoms with E-state index in [0.29, 0.717) is 24.2 Å². The van der Waals surface area contributed by atoms with E-state index in [2.05, 4.69) is 5.32 Å². The van der Waals surface area contributed by atoms with Crippen LogP contribution in [-0.2, 0) is 11.3 Å². The molecule has 1 atom stereocenters. The van der Waals surface area contributed by atoms with Crippen molar-refractivity contribution in [3.63, 3.8) is 0 Å². The van der Waals surface area contributed by atoms with Crippen LogP contribution in [0, 0.1) is 0 Å². The highest BCUT2D eigenvalue weighted by molar-refractivity contribution is 8.00. The number of amides is 3. The van der Waals surface area contributed by atoms with E-state index in [1.807, 2.05) is 24.4 Å². The van der Waals surface area contributed by atoms with Crippen molar-refractivity contribution in [1.82, 2.24) is 10.2 Å². The number of carbonyl (C=O) groups excluding carboxylic acids is 3. The third kappa shape index (κ3) is 4.78. The summed E-state index contributed by atoms with van der Waals surface area (Å²) in [6, 6.07) is 10.9. The van der Waals surface area contributed by atoms with Gasteiger partial charge in [-0.05, 0) is 49.1 Å². The fraction of sp³-hybridized carbons (Fsp3) is 0.350. The monoisotopic (exact) mass is 402 g/mol. The number of carbonyl (C=O) groups is 3. The van der Waals surface area contributed by atoms with E-state index in [0.717, 1.165) is 23.5 Å². The summed E-state index contributed by atoms with van der Waals surface area (Å²) in [6.07, 6.45) is 1.59. The Morgan fingerprint density at radius 1 is 1.11 bits per heavy atom. The molecule has 1 aromatic carbocycles. The Morgan fingerprint density at radius 3 is 2.44 bits per heavy atom. The first-order chi connectivity index (χ1) is 13.1. The first kappa shape index (κ1) is 19.6. The van der Waals surface area contributed by atoms with Gasteiger partial charge in [-0.25, -0.2) is 0 Å². The Morgan fingerprint density at radius 2 is 1.81 bits per heavy atom. The number of benzene rings is 1. The Balaban J connectivity index is 1.34. The maximum atomic E-state index is 12.3. The topological polar surface area (TPSA) is 66.5 Å². The van der Waals surface area contributed by atoms with Gasteiger partial charge in [0.25, 0.3) is 11.8 Å². The molecular weight excluding hydrogens is 380 g/mol. The van der Waals surface area contributed by atoms with E-state index in [-0.39, 0.29) is 23.0 Å². The van der Waals surface area contributed by atoms with Crippen molar-refractivity contribution in [2.45, 2.75) is 31.6 Å². The number of nitrogens with zero attached hydrogens (tertiary/aromatic N) is 1. The average Bonchev–Trinajstić information content (AvgIpc) is 3.28. The van der Waals surface area contributed by atoms with E-state index >= 15 is 0 Å². The molecule has 2 aromatic rings. The number of hydrogen-bond acceptors (Lipinski definition) is 5. The van der Waals surface area contributed by atoms with Crippen molar-refractivity contribution >= 4 is 40.8 Å². The van der Waals surface area contributed by atoms with Gasteiger partial charge in [0, 0.05) is 11.4 Å². The van der Waals surface area contributed by atoms with Gasteiger partial charge in [-0.2, -0.15) is 0 Å². The molecular formula is C20H22N2O3S2. The van der Waals surface area contributed by atoms with Crippen LogP contribution >= 0.6 is 23.1 Å². The van der Waals surface area contributed by atoms with Crippen LogP contribution in [0.4, 0.5) is 0 Å². The molecule has 3 amide bonds. The van der Waals surface area contributed by atoms with Gasteiger partial charge in [0.2, 0.25) is 5.91 Å². The second-order valence-corrected chi connectivity index (χ2v) is 8.81. The molecule has 0 saturated carbocycles. The highest BCUT2D eigenvalue weighted by Crippen LogP contribution is 2.23. The van der Waals surface area contributed by atoms with Crippen LogP contribution in [0.2, 0.25) is 0 Å². The lowest BCUT2D eigenvalue weighted by atomic mass is 10.1. The maximum absolute atomic E-state index is 12.3. The first-order valence-electron chi connectivity index (χ1n) is 8.95. The minimum Gasteiger partial charge on any atom is -0.350 e. The van der Waals surface area contributed by atoms with E-state index in [9.17, 15) is 14.4 Å². The standard InChI is InChI=1S/C20H22N2O3S2/c1-14(18(23)21-13-15-7-6-12-27-15)26-11-5-4-10-22-19(24)16-8-2-3-9-17(16)20(22)25/h2-3,6-9,12,14H,4-5,10-11,13H2,1H3,(H,21,23). The van der Waals surface area contributed by atoms with Crippen LogP contribution in [-0.4, -0.2) is 40.2 Å². The Hall–Kier alpha value is -2.12. The molecule has 1 aromatic heterocycles. The maximum Gasteiger partial charge on any atom is 0.261 e. The molecule has 5 nitrogen and oxygen atoms in total. The van der Waals surface area contributed by atoms with E-state index in [4.69, 9.17) is 0 Å². The molecule has 0 bridgehead atoms. The van der Waals surface area contributed by atoms with Crippen molar-refractivity contribution < 1.29 is 14.4 Å². The van der Waals surface area contributed by atoms with Crippen LogP contribution < -0.4 is 5.32 Å². The Kier molecular flexibility index (Phi) is 6.68. The second kappa shape index (κ2) is 9.19. The Bertz CT molecular complexity index is 785. The van der Waals surface area contributed by atoms with Crippen LogP contribution in [0.25, 0.3) is 0 Å². The largest absolute Gasteiger partial charge is 0.350 e. The van der Waals surface area contributed by atoms with E-state index < -0.39 is 0 Å². The van der Waals surface area contributed by atoms with Gasteiger partial charge in [0.15, 0.2) is 0 Å². The van der Waals surface area contributed by atoms with Crippen molar-refractivity contribution in [3.05, 3.63) is 57.8 Å². The predicted molar refractivity (Wildman–Crippen MR) is 109 cm³/mol. The molecule has 142 valence electrons. The van der Waals surface area contributed by atoms with Crippen molar-refractivity contribution in [2.75, 3.05) is 12.3 Å². The molecule has 1 N–H and O–H groups in total. The van der Waals surface area contributed by atoms with Crippen LogP contribution in [0.15, 0.2) is 41.8 Å². The highest BCUT2D eigenvalue weighted by Gasteiger charge is 2.34. The summed E-state index contributed by atoms with van der Waals surface area (Å²) in [5, 5.41) is 4.82. The number of thioether (sulfide) groups is 1. The molecule has 1 aliphatic rings. The number of hydrogen-bond donors (Lipinski definition) is 1. The zero-order valence-electron chi connectivity index (χ0n) is 15.1. The van der Waals surface area contributed by atoms with Crippen LogP contribution in [0.3, 0.4) is 0 Å². The molecule has 27 heavy (non-hydrogen) atoms. The number of nitrogens with one attached hydrogen (secondary N) is 1. The van der Waals surface area contributed by atoms with Crippen LogP contribution in [0.5, 0.6) is 0 Å². The van der Waals surface area contributed by atoms with Crippen molar-refractivity contribution in [1.29, 1.82) is 0 Å². The molecule has 0 spiro atoms. The number of imide groups is 1. The summed E-state index contributed by atoms with van der Waals surface area (Å²) in [5.74, 6) is 0.444. The van der Waals surface area contributed by atoms with Crippen molar-refractivity contribution in [3.8, 4) is 0 Å². The zero-order chi connectivity index (χ0) is 19.2. The van der Waals surface area contributed by atoms with E-state index in [1.54, 1.807) is 47.4 Å². The third-order valence-corrected chi connectivity index (χ3v) is 6.52. The lowest BCUT2D eigenvalue weighted by molar-refractivity contribution is -0.120. The van der Waals surface area contributed by atoms with Gasteiger partial charge in [-0.3, -0.25) is 19.3 Å². The summed E-state index contributed by atoms with van der Waals surface area (Å²) in [7, 11) is 0. The molecule has 0 radical (unpaired) electrons. The Labute approximate surface area is 167 Å². The van der Waals surface area contributed by atoms with Gasteiger partial charge in [-0.1, -0.05) is 18.2 Å². The quantitative estimate of drug-likeness (QED) is 0.514. The normalized spacial score (nSPS) is 14.3. The fourth-order valence-electron chi connectivity index (χ4n) is 2.88. The molecule has 0 fully saturated rings. The van der Waals surface area contributed by atoms with Gasteiger partial charge in [0.05, 0.1) is 22.9 Å².